The molecule has 1 saturated carbocycles. The molecule has 1 aliphatic rings. The third-order valence-electron chi connectivity index (χ3n) is 4.35. The predicted octanol–water partition coefficient (Wildman–Crippen LogP) is 4.18. The fourth-order valence-electron chi connectivity index (χ4n) is 2.99. The molecule has 1 N–H and O–H groups in total. The summed E-state index contributed by atoms with van der Waals surface area (Å²) >= 11 is 0. The molecule has 2 aromatic rings. The summed E-state index contributed by atoms with van der Waals surface area (Å²) in [5, 5.41) is 13.8. The maximum atomic E-state index is 12.3. The quantitative estimate of drug-likeness (QED) is 0.619. The van der Waals surface area contributed by atoms with Crippen LogP contribution in [0.3, 0.4) is 0 Å². The zero-order valence-electron chi connectivity index (χ0n) is 14.4. The number of hydrogen-bond donors (Lipinski definition) is 1. The molecular formula is C19H20N2O5. The third-order valence-corrected chi connectivity index (χ3v) is 4.35. The average molecular weight is 356 g/mol. The summed E-state index contributed by atoms with van der Waals surface area (Å²) < 4.78 is 10.8. The fraction of sp³-hybridized carbons (Fsp3) is 0.316. The van der Waals surface area contributed by atoms with Crippen LogP contribution in [0.25, 0.3) is 0 Å². The Labute approximate surface area is 151 Å². The molecule has 0 aromatic heterocycles. The number of carbonyl (C=O) groups excluding carboxylic acids is 1. The average Bonchev–Trinajstić information content (AvgIpc) is 3.15. The first-order chi connectivity index (χ1) is 12.6. The van der Waals surface area contributed by atoms with E-state index in [1.54, 1.807) is 12.1 Å². The van der Waals surface area contributed by atoms with Gasteiger partial charge < -0.3 is 14.8 Å². The van der Waals surface area contributed by atoms with Crippen molar-refractivity contribution in [3.8, 4) is 11.5 Å². The van der Waals surface area contributed by atoms with Crippen molar-refractivity contribution in [2.24, 2.45) is 0 Å². The number of hydrogen-bond acceptors (Lipinski definition) is 5. The van der Waals surface area contributed by atoms with Gasteiger partial charge in [0.15, 0.2) is 5.75 Å². The molecule has 1 aliphatic carbocycles. The van der Waals surface area contributed by atoms with Gasteiger partial charge in [0.05, 0.1) is 18.1 Å². The first-order valence-electron chi connectivity index (χ1n) is 8.47. The van der Waals surface area contributed by atoms with E-state index in [0.717, 1.165) is 18.6 Å². The standard InChI is InChI=1S/C19H20N2O5/c1-25-18-11-6-13(12-17(18)21(23)24)19(22)20-14-7-9-16(10-8-14)26-15-4-2-3-5-15/h6-12,15H,2-5H2,1H3,(H,20,22). The van der Waals surface area contributed by atoms with Gasteiger partial charge in [-0.1, -0.05) is 0 Å². The van der Waals surface area contributed by atoms with Gasteiger partial charge in [-0.25, -0.2) is 0 Å². The summed E-state index contributed by atoms with van der Waals surface area (Å²) in [4.78, 5) is 22.8. The highest BCUT2D eigenvalue weighted by Crippen LogP contribution is 2.28. The van der Waals surface area contributed by atoms with E-state index < -0.39 is 10.8 Å². The number of methoxy groups -OCH3 is 1. The summed E-state index contributed by atoms with van der Waals surface area (Å²) in [7, 11) is 1.34. The Kier molecular flexibility index (Phi) is 5.36. The Balaban J connectivity index is 1.67. The van der Waals surface area contributed by atoms with Crippen molar-refractivity contribution in [3.05, 3.63) is 58.1 Å². The van der Waals surface area contributed by atoms with E-state index in [4.69, 9.17) is 9.47 Å². The second kappa shape index (κ2) is 7.86. The molecule has 136 valence electrons. The number of nitrogens with one attached hydrogen (secondary N) is 1. The van der Waals surface area contributed by atoms with Gasteiger partial charge >= 0.3 is 5.69 Å². The van der Waals surface area contributed by atoms with Crippen molar-refractivity contribution >= 4 is 17.3 Å². The lowest BCUT2D eigenvalue weighted by molar-refractivity contribution is -0.385. The minimum Gasteiger partial charge on any atom is -0.490 e. The van der Waals surface area contributed by atoms with Gasteiger partial charge in [0, 0.05) is 17.3 Å². The van der Waals surface area contributed by atoms with Crippen molar-refractivity contribution in [1.29, 1.82) is 0 Å². The lowest BCUT2D eigenvalue weighted by Gasteiger charge is -2.13. The molecule has 0 unspecified atom stereocenters. The summed E-state index contributed by atoms with van der Waals surface area (Å²) in [6.45, 7) is 0. The van der Waals surface area contributed by atoms with Crippen LogP contribution in [-0.4, -0.2) is 24.0 Å². The van der Waals surface area contributed by atoms with Crippen molar-refractivity contribution in [1.82, 2.24) is 0 Å². The highest BCUT2D eigenvalue weighted by atomic mass is 16.6. The van der Waals surface area contributed by atoms with Gasteiger partial charge in [-0.2, -0.15) is 0 Å². The molecule has 1 fully saturated rings. The summed E-state index contributed by atoms with van der Waals surface area (Å²) in [6, 6.07) is 11.2. The summed E-state index contributed by atoms with van der Waals surface area (Å²) in [6.07, 6.45) is 4.83. The molecule has 1 amide bonds. The topological polar surface area (TPSA) is 90.7 Å². The molecule has 7 nitrogen and oxygen atoms in total. The van der Waals surface area contributed by atoms with Gasteiger partial charge in [-0.15, -0.1) is 0 Å². The Morgan fingerprint density at radius 2 is 1.85 bits per heavy atom. The molecule has 2 aromatic carbocycles. The number of ether oxygens (including phenoxy) is 2. The number of nitro benzene ring substituents is 1. The highest BCUT2D eigenvalue weighted by molar-refractivity contribution is 6.04. The molecule has 0 saturated heterocycles. The van der Waals surface area contributed by atoms with Crippen molar-refractivity contribution in [2.45, 2.75) is 31.8 Å². The van der Waals surface area contributed by atoms with Crippen LogP contribution >= 0.6 is 0 Å². The monoisotopic (exact) mass is 356 g/mol. The molecule has 0 radical (unpaired) electrons. The number of carbonyl (C=O) groups is 1. The van der Waals surface area contributed by atoms with Crippen LogP contribution in [0.2, 0.25) is 0 Å². The van der Waals surface area contributed by atoms with E-state index in [2.05, 4.69) is 5.32 Å². The van der Waals surface area contributed by atoms with Crippen LogP contribution in [0.1, 0.15) is 36.0 Å². The van der Waals surface area contributed by atoms with Crippen LogP contribution in [-0.2, 0) is 0 Å². The van der Waals surface area contributed by atoms with Gasteiger partial charge in [-0.05, 0) is 62.1 Å². The van der Waals surface area contributed by atoms with Gasteiger partial charge in [0.2, 0.25) is 0 Å². The van der Waals surface area contributed by atoms with E-state index in [1.165, 1.54) is 38.2 Å². The Hall–Kier alpha value is -3.09. The number of nitro groups is 1. The minimum absolute atomic E-state index is 0.111. The maximum absolute atomic E-state index is 12.3. The fourth-order valence-corrected chi connectivity index (χ4v) is 2.99. The lowest BCUT2D eigenvalue weighted by atomic mass is 10.1. The number of anilines is 1. The number of benzene rings is 2. The predicted molar refractivity (Wildman–Crippen MR) is 96.9 cm³/mol. The van der Waals surface area contributed by atoms with E-state index >= 15 is 0 Å². The molecule has 0 aliphatic heterocycles. The van der Waals surface area contributed by atoms with Crippen molar-refractivity contribution in [3.63, 3.8) is 0 Å². The zero-order valence-corrected chi connectivity index (χ0v) is 14.4. The van der Waals surface area contributed by atoms with Crippen LogP contribution in [0.4, 0.5) is 11.4 Å². The van der Waals surface area contributed by atoms with Crippen molar-refractivity contribution in [2.75, 3.05) is 12.4 Å². The van der Waals surface area contributed by atoms with Crippen LogP contribution in [0.5, 0.6) is 11.5 Å². The molecular weight excluding hydrogens is 336 g/mol. The Morgan fingerprint density at radius 3 is 2.46 bits per heavy atom. The summed E-state index contributed by atoms with van der Waals surface area (Å²) in [5.74, 6) is 0.454. The van der Waals surface area contributed by atoms with E-state index in [0.29, 0.717) is 5.69 Å². The summed E-state index contributed by atoms with van der Waals surface area (Å²) in [5.41, 5.74) is 0.525. The van der Waals surface area contributed by atoms with Gasteiger partial charge in [0.1, 0.15) is 5.75 Å². The SMILES string of the molecule is COc1ccc(C(=O)Nc2ccc(OC3CCCC3)cc2)cc1[N+](=O)[O-]. The molecule has 7 heteroatoms. The zero-order chi connectivity index (χ0) is 18.5. The minimum atomic E-state index is -0.579. The van der Waals surface area contributed by atoms with Crippen molar-refractivity contribution < 1.29 is 19.2 Å². The molecule has 0 heterocycles. The molecule has 0 atom stereocenters. The first-order valence-corrected chi connectivity index (χ1v) is 8.47. The third kappa shape index (κ3) is 4.11. The molecule has 0 spiro atoms. The number of rotatable bonds is 6. The van der Waals surface area contributed by atoms with E-state index in [9.17, 15) is 14.9 Å². The Bertz CT molecular complexity index is 798. The molecule has 3 rings (SSSR count). The number of nitrogens with zero attached hydrogens (tertiary/aromatic N) is 1. The normalized spacial score (nSPS) is 14.0. The second-order valence-corrected chi connectivity index (χ2v) is 6.15. The lowest BCUT2D eigenvalue weighted by Crippen LogP contribution is -2.13. The largest absolute Gasteiger partial charge is 0.490 e. The smallest absolute Gasteiger partial charge is 0.311 e. The van der Waals surface area contributed by atoms with Crippen LogP contribution in [0, 0.1) is 10.1 Å². The number of amides is 1. The molecule has 0 bridgehead atoms. The molecule has 26 heavy (non-hydrogen) atoms. The Morgan fingerprint density at radius 1 is 1.15 bits per heavy atom. The van der Waals surface area contributed by atoms with Crippen LogP contribution < -0.4 is 14.8 Å². The van der Waals surface area contributed by atoms with Gasteiger partial charge in [0.25, 0.3) is 5.91 Å². The van der Waals surface area contributed by atoms with E-state index in [1.807, 2.05) is 12.1 Å². The van der Waals surface area contributed by atoms with Crippen LogP contribution in [0.15, 0.2) is 42.5 Å². The maximum Gasteiger partial charge on any atom is 0.311 e. The van der Waals surface area contributed by atoms with E-state index in [-0.39, 0.29) is 23.1 Å². The highest BCUT2D eigenvalue weighted by Gasteiger charge is 2.19. The first kappa shape index (κ1) is 17.7. The second-order valence-electron chi connectivity index (χ2n) is 6.15. The van der Waals surface area contributed by atoms with Gasteiger partial charge in [-0.3, -0.25) is 14.9 Å².